The minimum Gasteiger partial charge on any atom is -0.474 e. The van der Waals surface area contributed by atoms with E-state index in [0.29, 0.717) is 17.9 Å². The van der Waals surface area contributed by atoms with Crippen LogP contribution >= 0.6 is 0 Å². The number of nitrogens with zero attached hydrogens (tertiary/aromatic N) is 3. The zero-order chi connectivity index (χ0) is 20.2. The first-order chi connectivity index (χ1) is 14.1. The van der Waals surface area contributed by atoms with Gasteiger partial charge in [0, 0.05) is 42.5 Å². The van der Waals surface area contributed by atoms with E-state index >= 15 is 0 Å². The van der Waals surface area contributed by atoms with Gasteiger partial charge in [0.25, 0.3) is 0 Å². The van der Waals surface area contributed by atoms with Gasteiger partial charge in [-0.1, -0.05) is 18.2 Å². The lowest BCUT2D eigenvalue weighted by atomic mass is 9.92. The number of rotatable bonds is 5. The lowest BCUT2D eigenvalue weighted by Crippen LogP contribution is -2.40. The van der Waals surface area contributed by atoms with Gasteiger partial charge in [-0.15, -0.1) is 0 Å². The molecular weight excluding hydrogens is 364 g/mol. The summed E-state index contributed by atoms with van der Waals surface area (Å²) in [4.78, 5) is 16.7. The summed E-state index contributed by atoms with van der Waals surface area (Å²) in [6, 6.07) is 13.8. The van der Waals surface area contributed by atoms with Crippen molar-refractivity contribution in [1.29, 1.82) is 5.26 Å². The maximum atomic E-state index is 12.6. The summed E-state index contributed by atoms with van der Waals surface area (Å²) < 4.78 is 7.99. The first kappa shape index (κ1) is 19.0. The highest BCUT2D eigenvalue weighted by molar-refractivity contribution is 5.89. The van der Waals surface area contributed by atoms with Crippen LogP contribution in [-0.4, -0.2) is 27.6 Å². The van der Waals surface area contributed by atoms with Gasteiger partial charge >= 0.3 is 0 Å². The van der Waals surface area contributed by atoms with Gasteiger partial charge < -0.3 is 14.6 Å². The summed E-state index contributed by atoms with van der Waals surface area (Å²) in [5.74, 6) is 0.618. The SMILES string of the molecule is Cn1cc(CC(=O)NC2CCC(Oc3ccc(C#N)cn3)CC2)c2ccccc21. The van der Waals surface area contributed by atoms with Gasteiger partial charge in [0.15, 0.2) is 0 Å². The number of carbonyl (C=O) groups excluding carboxylic acids is 1. The second-order valence-electron chi connectivity index (χ2n) is 7.62. The summed E-state index contributed by atoms with van der Waals surface area (Å²) in [6.07, 6.45) is 7.59. The fourth-order valence-electron chi connectivity index (χ4n) is 4.03. The van der Waals surface area contributed by atoms with Crippen molar-refractivity contribution in [2.45, 2.75) is 44.2 Å². The summed E-state index contributed by atoms with van der Waals surface area (Å²) in [5, 5.41) is 13.2. The molecule has 6 heteroatoms. The van der Waals surface area contributed by atoms with Gasteiger partial charge in [-0.05, 0) is 43.4 Å². The van der Waals surface area contributed by atoms with Crippen molar-refractivity contribution in [3.8, 4) is 11.9 Å². The van der Waals surface area contributed by atoms with E-state index in [4.69, 9.17) is 10.00 Å². The standard InChI is InChI=1S/C23H24N4O2/c1-27-15-17(20-4-2-3-5-21(20)27)12-22(28)26-18-7-9-19(10-8-18)29-23-11-6-16(13-24)14-25-23/h2-6,11,14-15,18-19H,7-10,12H2,1H3,(H,26,28). The van der Waals surface area contributed by atoms with Crippen molar-refractivity contribution < 1.29 is 9.53 Å². The summed E-state index contributed by atoms with van der Waals surface area (Å²) >= 11 is 0. The number of ether oxygens (including phenoxy) is 1. The van der Waals surface area contributed by atoms with Gasteiger partial charge in [0.1, 0.15) is 12.2 Å². The van der Waals surface area contributed by atoms with Crippen molar-refractivity contribution >= 4 is 16.8 Å². The average Bonchev–Trinajstić information content (AvgIpc) is 3.05. The van der Waals surface area contributed by atoms with Crippen molar-refractivity contribution in [2.75, 3.05) is 0 Å². The van der Waals surface area contributed by atoms with Crippen molar-refractivity contribution in [2.24, 2.45) is 7.05 Å². The van der Waals surface area contributed by atoms with E-state index < -0.39 is 0 Å². The third-order valence-corrected chi connectivity index (χ3v) is 5.52. The fraction of sp³-hybridized carbons (Fsp3) is 0.348. The van der Waals surface area contributed by atoms with Crippen LogP contribution < -0.4 is 10.1 Å². The maximum absolute atomic E-state index is 12.6. The Kier molecular flexibility index (Phi) is 5.48. The number of hydrogen-bond donors (Lipinski definition) is 1. The number of fused-ring (bicyclic) bond motifs is 1. The molecule has 6 nitrogen and oxygen atoms in total. The Morgan fingerprint density at radius 1 is 1.24 bits per heavy atom. The average molecular weight is 388 g/mol. The second-order valence-corrected chi connectivity index (χ2v) is 7.62. The molecule has 2 heterocycles. The number of hydrogen-bond acceptors (Lipinski definition) is 4. The van der Waals surface area contributed by atoms with Gasteiger partial charge in [-0.2, -0.15) is 5.26 Å². The van der Waals surface area contributed by atoms with Crippen molar-refractivity contribution in [3.05, 3.63) is 59.9 Å². The van der Waals surface area contributed by atoms with Crippen molar-refractivity contribution in [3.63, 3.8) is 0 Å². The molecular formula is C23H24N4O2. The predicted octanol–water partition coefficient (Wildman–Crippen LogP) is 3.49. The molecule has 1 saturated carbocycles. The zero-order valence-electron chi connectivity index (χ0n) is 16.5. The molecule has 2 aromatic heterocycles. The zero-order valence-corrected chi connectivity index (χ0v) is 16.5. The normalized spacial score (nSPS) is 18.9. The number of amides is 1. The first-order valence-corrected chi connectivity index (χ1v) is 9.97. The molecule has 1 aromatic carbocycles. The van der Waals surface area contributed by atoms with E-state index in [1.807, 2.05) is 25.4 Å². The Hall–Kier alpha value is -3.33. The van der Waals surface area contributed by atoms with Crippen LogP contribution in [0.2, 0.25) is 0 Å². The van der Waals surface area contributed by atoms with Crippen LogP contribution in [0, 0.1) is 11.3 Å². The van der Waals surface area contributed by atoms with E-state index in [0.717, 1.165) is 42.1 Å². The number of pyridine rings is 1. The molecule has 29 heavy (non-hydrogen) atoms. The van der Waals surface area contributed by atoms with E-state index in [2.05, 4.69) is 33.1 Å². The summed E-state index contributed by atoms with van der Waals surface area (Å²) in [6.45, 7) is 0. The highest BCUT2D eigenvalue weighted by Gasteiger charge is 2.24. The van der Waals surface area contributed by atoms with Crippen LogP contribution in [0.1, 0.15) is 36.8 Å². The predicted molar refractivity (Wildman–Crippen MR) is 110 cm³/mol. The Balaban J connectivity index is 1.28. The number of nitriles is 1. The van der Waals surface area contributed by atoms with Gasteiger partial charge in [-0.3, -0.25) is 4.79 Å². The first-order valence-electron chi connectivity index (χ1n) is 9.97. The van der Waals surface area contributed by atoms with E-state index in [1.165, 1.54) is 6.20 Å². The summed E-state index contributed by atoms with van der Waals surface area (Å²) in [5.41, 5.74) is 2.73. The van der Waals surface area contributed by atoms with Crippen LogP contribution in [-0.2, 0) is 18.3 Å². The number of benzene rings is 1. The number of carbonyl (C=O) groups is 1. The number of aryl methyl sites for hydroxylation is 1. The molecule has 0 saturated heterocycles. The number of para-hydroxylation sites is 1. The minimum absolute atomic E-state index is 0.0690. The van der Waals surface area contributed by atoms with E-state index in [1.54, 1.807) is 12.1 Å². The van der Waals surface area contributed by atoms with Crippen LogP contribution in [0.3, 0.4) is 0 Å². The minimum atomic E-state index is 0.0690. The molecule has 0 aliphatic heterocycles. The third-order valence-electron chi connectivity index (χ3n) is 5.52. The monoisotopic (exact) mass is 388 g/mol. The van der Waals surface area contributed by atoms with Gasteiger partial charge in [-0.25, -0.2) is 4.98 Å². The molecule has 148 valence electrons. The topological polar surface area (TPSA) is 79.9 Å². The molecule has 4 rings (SSSR count). The summed E-state index contributed by atoms with van der Waals surface area (Å²) in [7, 11) is 2.01. The molecule has 0 radical (unpaired) electrons. The molecule has 1 N–H and O–H groups in total. The molecule has 1 aliphatic rings. The maximum Gasteiger partial charge on any atom is 0.224 e. The highest BCUT2D eigenvalue weighted by atomic mass is 16.5. The molecule has 1 aliphatic carbocycles. The lowest BCUT2D eigenvalue weighted by molar-refractivity contribution is -0.121. The Morgan fingerprint density at radius 3 is 2.76 bits per heavy atom. The van der Waals surface area contributed by atoms with Crippen LogP contribution in [0.5, 0.6) is 5.88 Å². The third kappa shape index (κ3) is 4.40. The van der Waals surface area contributed by atoms with E-state index in [9.17, 15) is 4.79 Å². The number of nitrogens with one attached hydrogen (secondary N) is 1. The number of aromatic nitrogens is 2. The molecule has 1 amide bonds. The molecule has 0 spiro atoms. The Bertz CT molecular complexity index is 1040. The fourth-order valence-corrected chi connectivity index (χ4v) is 4.03. The van der Waals surface area contributed by atoms with Crippen LogP contribution in [0.15, 0.2) is 48.8 Å². The molecule has 3 aromatic rings. The lowest BCUT2D eigenvalue weighted by Gasteiger charge is -2.29. The highest BCUT2D eigenvalue weighted by Crippen LogP contribution is 2.24. The van der Waals surface area contributed by atoms with Gasteiger partial charge in [0.2, 0.25) is 11.8 Å². The molecule has 1 fully saturated rings. The molecule has 0 atom stereocenters. The largest absolute Gasteiger partial charge is 0.474 e. The van der Waals surface area contributed by atoms with E-state index in [-0.39, 0.29) is 18.1 Å². The molecule has 0 unspecified atom stereocenters. The van der Waals surface area contributed by atoms with Crippen LogP contribution in [0.4, 0.5) is 0 Å². The quantitative estimate of drug-likeness (QED) is 0.725. The van der Waals surface area contributed by atoms with Gasteiger partial charge in [0.05, 0.1) is 12.0 Å². The Morgan fingerprint density at radius 2 is 2.03 bits per heavy atom. The molecule has 0 bridgehead atoms. The Labute approximate surface area is 170 Å². The second kappa shape index (κ2) is 8.36. The van der Waals surface area contributed by atoms with Crippen molar-refractivity contribution in [1.82, 2.24) is 14.9 Å². The smallest absolute Gasteiger partial charge is 0.224 e. The van der Waals surface area contributed by atoms with Crippen LogP contribution in [0.25, 0.3) is 10.9 Å².